The average Bonchev–Trinajstić information content (AvgIpc) is 3.11. The summed E-state index contributed by atoms with van der Waals surface area (Å²) in [5, 5.41) is 1.34. The first kappa shape index (κ1) is 18.0. The molecule has 1 aromatic heterocycles. The fraction of sp³-hybridized carbons (Fsp3) is 0.478. The second-order valence-electron chi connectivity index (χ2n) is 7.07. The van der Waals surface area contributed by atoms with Gasteiger partial charge in [0.1, 0.15) is 0 Å². The number of hydrogen-bond donors (Lipinski definition) is 0. The smallest absolute Gasteiger partial charge is 0.0669 e. The molecule has 1 aromatic carbocycles. The standard InChI is InChI=1S/C23H32N2/c1-4-23(17-19-24(5-2)6-3,21-13-8-7-9-14-21)25-18-16-20-12-10-11-15-22(20)25/h7-8,10-13,15-16,18H,4-6,9,14,17,19H2,1-3H3. The fourth-order valence-corrected chi connectivity index (χ4v) is 4.34. The molecular weight excluding hydrogens is 304 g/mol. The van der Waals surface area contributed by atoms with Gasteiger partial charge in [0.15, 0.2) is 0 Å². The van der Waals surface area contributed by atoms with Crippen molar-refractivity contribution in [3.05, 3.63) is 60.3 Å². The van der Waals surface area contributed by atoms with Crippen molar-refractivity contribution < 1.29 is 0 Å². The lowest BCUT2D eigenvalue weighted by Gasteiger charge is -2.40. The molecule has 134 valence electrons. The Balaban J connectivity index is 2.07. The molecule has 0 radical (unpaired) electrons. The van der Waals surface area contributed by atoms with Crippen LogP contribution in [0.3, 0.4) is 0 Å². The lowest BCUT2D eigenvalue weighted by molar-refractivity contribution is 0.226. The molecule has 0 amide bonds. The Hall–Kier alpha value is -1.80. The molecule has 0 saturated carbocycles. The molecular formula is C23H32N2. The lowest BCUT2D eigenvalue weighted by atomic mass is 9.79. The predicted octanol–water partition coefficient (Wildman–Crippen LogP) is 5.75. The largest absolute Gasteiger partial charge is 0.338 e. The van der Waals surface area contributed by atoms with E-state index in [4.69, 9.17) is 0 Å². The molecule has 1 atom stereocenters. The second-order valence-corrected chi connectivity index (χ2v) is 7.07. The Morgan fingerprint density at radius 2 is 1.88 bits per heavy atom. The molecule has 0 N–H and O–H groups in total. The maximum absolute atomic E-state index is 2.57. The zero-order valence-corrected chi connectivity index (χ0v) is 16.0. The number of allylic oxidation sites excluding steroid dienone is 4. The molecule has 1 unspecified atom stereocenters. The van der Waals surface area contributed by atoms with E-state index in [0.29, 0.717) is 0 Å². The summed E-state index contributed by atoms with van der Waals surface area (Å²) in [6.45, 7) is 10.3. The molecule has 1 aliphatic carbocycles. The van der Waals surface area contributed by atoms with Gasteiger partial charge in [0.05, 0.1) is 5.54 Å². The van der Waals surface area contributed by atoms with E-state index in [0.717, 1.165) is 32.5 Å². The minimum Gasteiger partial charge on any atom is -0.338 e. The van der Waals surface area contributed by atoms with Crippen molar-refractivity contribution in [1.29, 1.82) is 0 Å². The fourth-order valence-electron chi connectivity index (χ4n) is 4.34. The third kappa shape index (κ3) is 3.46. The summed E-state index contributed by atoms with van der Waals surface area (Å²) < 4.78 is 2.57. The molecule has 0 aliphatic heterocycles. The zero-order valence-electron chi connectivity index (χ0n) is 16.0. The highest BCUT2D eigenvalue weighted by atomic mass is 15.1. The molecule has 1 heterocycles. The van der Waals surface area contributed by atoms with Gasteiger partial charge in [0, 0.05) is 18.3 Å². The normalized spacial score (nSPS) is 17.0. The van der Waals surface area contributed by atoms with Crippen LogP contribution >= 0.6 is 0 Å². The van der Waals surface area contributed by atoms with Gasteiger partial charge < -0.3 is 9.47 Å². The minimum absolute atomic E-state index is 0.0798. The third-order valence-corrected chi connectivity index (χ3v) is 5.99. The summed E-state index contributed by atoms with van der Waals surface area (Å²) in [5.41, 5.74) is 3.03. The van der Waals surface area contributed by atoms with Crippen LogP contribution in [0.5, 0.6) is 0 Å². The summed E-state index contributed by atoms with van der Waals surface area (Å²) in [4.78, 5) is 2.55. The number of aromatic nitrogens is 1. The van der Waals surface area contributed by atoms with E-state index in [1.54, 1.807) is 5.57 Å². The van der Waals surface area contributed by atoms with E-state index in [1.165, 1.54) is 23.7 Å². The molecule has 0 saturated heterocycles. The van der Waals surface area contributed by atoms with Crippen molar-refractivity contribution in [2.45, 2.75) is 52.0 Å². The van der Waals surface area contributed by atoms with Gasteiger partial charge in [-0.1, -0.05) is 57.2 Å². The summed E-state index contributed by atoms with van der Waals surface area (Å²) in [6.07, 6.45) is 13.9. The first-order valence-corrected chi connectivity index (χ1v) is 9.90. The van der Waals surface area contributed by atoms with Crippen LogP contribution < -0.4 is 0 Å². The summed E-state index contributed by atoms with van der Waals surface area (Å²) in [6, 6.07) is 11.1. The maximum Gasteiger partial charge on any atom is 0.0669 e. The zero-order chi connectivity index (χ0) is 17.7. The van der Waals surface area contributed by atoms with Crippen molar-refractivity contribution in [1.82, 2.24) is 9.47 Å². The van der Waals surface area contributed by atoms with Crippen molar-refractivity contribution >= 4 is 10.9 Å². The molecule has 0 fully saturated rings. The number of hydrogen-bond acceptors (Lipinski definition) is 1. The summed E-state index contributed by atoms with van der Waals surface area (Å²) in [5.74, 6) is 0. The highest BCUT2D eigenvalue weighted by Gasteiger charge is 2.35. The van der Waals surface area contributed by atoms with Crippen LogP contribution in [0.15, 0.2) is 60.3 Å². The van der Waals surface area contributed by atoms with Crippen molar-refractivity contribution in [2.24, 2.45) is 0 Å². The van der Waals surface area contributed by atoms with Crippen LogP contribution in [-0.2, 0) is 5.54 Å². The quantitative estimate of drug-likeness (QED) is 0.595. The number of nitrogens with zero attached hydrogens (tertiary/aromatic N) is 2. The van der Waals surface area contributed by atoms with Gasteiger partial charge >= 0.3 is 0 Å². The molecule has 25 heavy (non-hydrogen) atoms. The lowest BCUT2D eigenvalue weighted by Crippen LogP contribution is -2.39. The van der Waals surface area contributed by atoms with Crippen LogP contribution in [-0.4, -0.2) is 29.1 Å². The van der Waals surface area contributed by atoms with Gasteiger partial charge in [-0.3, -0.25) is 0 Å². The Kier molecular flexibility index (Phi) is 5.80. The molecule has 2 aromatic rings. The Labute approximate surface area is 152 Å². The SMILES string of the molecule is CCN(CC)CCC(CC)(C1=CC=CCC1)n1ccc2ccccc21. The van der Waals surface area contributed by atoms with Crippen molar-refractivity contribution in [2.75, 3.05) is 19.6 Å². The van der Waals surface area contributed by atoms with Crippen LogP contribution in [0, 0.1) is 0 Å². The Morgan fingerprint density at radius 3 is 2.56 bits per heavy atom. The molecule has 0 spiro atoms. The average molecular weight is 337 g/mol. The van der Waals surface area contributed by atoms with Crippen molar-refractivity contribution in [3.63, 3.8) is 0 Å². The van der Waals surface area contributed by atoms with Crippen LogP contribution in [0.25, 0.3) is 10.9 Å². The number of fused-ring (bicyclic) bond motifs is 1. The predicted molar refractivity (Wildman–Crippen MR) is 109 cm³/mol. The van der Waals surface area contributed by atoms with Crippen LogP contribution in [0.4, 0.5) is 0 Å². The summed E-state index contributed by atoms with van der Waals surface area (Å²) in [7, 11) is 0. The molecule has 0 bridgehead atoms. The topological polar surface area (TPSA) is 8.17 Å². The van der Waals surface area contributed by atoms with Gasteiger partial charge in [0.2, 0.25) is 0 Å². The van der Waals surface area contributed by atoms with Gasteiger partial charge in [-0.05, 0) is 61.9 Å². The number of benzene rings is 1. The van der Waals surface area contributed by atoms with Gasteiger partial charge in [-0.15, -0.1) is 0 Å². The highest BCUT2D eigenvalue weighted by molar-refractivity contribution is 5.80. The van der Waals surface area contributed by atoms with E-state index in [1.807, 2.05) is 0 Å². The van der Waals surface area contributed by atoms with E-state index in [-0.39, 0.29) is 5.54 Å². The molecule has 1 aliphatic rings. The monoisotopic (exact) mass is 336 g/mol. The second kappa shape index (κ2) is 8.05. The van der Waals surface area contributed by atoms with E-state index >= 15 is 0 Å². The van der Waals surface area contributed by atoms with E-state index < -0.39 is 0 Å². The molecule has 2 nitrogen and oxygen atoms in total. The Bertz CT molecular complexity index is 748. The number of para-hydroxylation sites is 1. The van der Waals surface area contributed by atoms with Gasteiger partial charge in [-0.2, -0.15) is 0 Å². The van der Waals surface area contributed by atoms with Gasteiger partial charge in [-0.25, -0.2) is 0 Å². The van der Waals surface area contributed by atoms with Crippen molar-refractivity contribution in [3.8, 4) is 0 Å². The molecule has 3 rings (SSSR count). The number of rotatable bonds is 8. The maximum atomic E-state index is 2.57. The van der Waals surface area contributed by atoms with Crippen LogP contribution in [0.1, 0.15) is 46.5 Å². The van der Waals surface area contributed by atoms with Crippen LogP contribution in [0.2, 0.25) is 0 Å². The van der Waals surface area contributed by atoms with Gasteiger partial charge in [0.25, 0.3) is 0 Å². The molecule has 2 heteroatoms. The van der Waals surface area contributed by atoms with E-state index in [9.17, 15) is 0 Å². The first-order valence-electron chi connectivity index (χ1n) is 9.90. The highest BCUT2D eigenvalue weighted by Crippen LogP contribution is 2.40. The van der Waals surface area contributed by atoms with E-state index in [2.05, 4.69) is 85.0 Å². The summed E-state index contributed by atoms with van der Waals surface area (Å²) >= 11 is 0. The minimum atomic E-state index is 0.0798. The third-order valence-electron chi connectivity index (χ3n) is 5.99. The Morgan fingerprint density at radius 1 is 1.08 bits per heavy atom. The first-order chi connectivity index (χ1) is 12.2.